The zero-order chi connectivity index (χ0) is 18.8. The number of benzene rings is 1. The third-order valence-corrected chi connectivity index (χ3v) is 5.59. The summed E-state index contributed by atoms with van der Waals surface area (Å²) in [6.45, 7) is 3.60. The summed E-state index contributed by atoms with van der Waals surface area (Å²) in [4.78, 5) is 32.6. The molecular formula is C20H27N5O2. The van der Waals surface area contributed by atoms with Gasteiger partial charge in [0.2, 0.25) is 11.8 Å². The summed E-state index contributed by atoms with van der Waals surface area (Å²) in [6.07, 6.45) is 3.27. The van der Waals surface area contributed by atoms with Gasteiger partial charge in [0.15, 0.2) is 0 Å². The third kappa shape index (κ3) is 4.30. The fourth-order valence-electron chi connectivity index (χ4n) is 3.85. The van der Waals surface area contributed by atoms with Crippen LogP contribution in [-0.4, -0.2) is 47.0 Å². The van der Waals surface area contributed by atoms with Gasteiger partial charge in [0.25, 0.3) is 0 Å². The minimum absolute atomic E-state index is 0.0634. The van der Waals surface area contributed by atoms with E-state index in [-0.39, 0.29) is 17.9 Å². The minimum Gasteiger partial charge on any atom is -0.351 e. The topological polar surface area (TPSA) is 98.9 Å². The van der Waals surface area contributed by atoms with E-state index < -0.39 is 6.04 Å². The maximum atomic E-state index is 12.3. The van der Waals surface area contributed by atoms with Crippen molar-refractivity contribution in [3.8, 4) is 0 Å². The van der Waals surface area contributed by atoms with Crippen LogP contribution in [0.1, 0.15) is 44.3 Å². The van der Waals surface area contributed by atoms with Crippen LogP contribution in [0.25, 0.3) is 11.0 Å². The summed E-state index contributed by atoms with van der Waals surface area (Å²) in [7, 11) is 0. The van der Waals surface area contributed by atoms with Crippen molar-refractivity contribution in [2.45, 2.75) is 50.6 Å². The molecule has 4 N–H and O–H groups in total. The Morgan fingerprint density at radius 3 is 2.81 bits per heavy atom. The van der Waals surface area contributed by atoms with Crippen LogP contribution in [0.4, 0.5) is 0 Å². The SMILES string of the molecule is C[C@@H](NC(=O)C[C@@H]1C[C@@H]1c1nc2ccccc2[nH]1)C(=O)NC1CCNCC1. The maximum absolute atomic E-state index is 12.3. The van der Waals surface area contributed by atoms with Gasteiger partial charge in [-0.25, -0.2) is 4.98 Å². The molecule has 1 aliphatic heterocycles. The average molecular weight is 369 g/mol. The van der Waals surface area contributed by atoms with Gasteiger partial charge in [0.1, 0.15) is 11.9 Å². The summed E-state index contributed by atoms with van der Waals surface area (Å²) in [6, 6.07) is 7.66. The third-order valence-electron chi connectivity index (χ3n) is 5.59. The van der Waals surface area contributed by atoms with E-state index >= 15 is 0 Å². The van der Waals surface area contributed by atoms with Crippen LogP contribution in [0, 0.1) is 5.92 Å². The first-order valence-electron chi connectivity index (χ1n) is 9.85. The minimum atomic E-state index is -0.504. The van der Waals surface area contributed by atoms with E-state index in [2.05, 4.69) is 25.9 Å². The molecule has 2 fully saturated rings. The second-order valence-electron chi connectivity index (χ2n) is 7.77. The van der Waals surface area contributed by atoms with Crippen molar-refractivity contribution >= 4 is 22.8 Å². The Labute approximate surface area is 158 Å². The van der Waals surface area contributed by atoms with Crippen LogP contribution >= 0.6 is 0 Å². The first-order valence-corrected chi connectivity index (χ1v) is 9.85. The fourth-order valence-corrected chi connectivity index (χ4v) is 3.85. The lowest BCUT2D eigenvalue weighted by atomic mass is 10.1. The fraction of sp³-hybridized carbons (Fsp3) is 0.550. The second-order valence-corrected chi connectivity index (χ2v) is 7.77. The Morgan fingerprint density at radius 1 is 1.26 bits per heavy atom. The number of hydrogen-bond donors (Lipinski definition) is 4. The van der Waals surface area contributed by atoms with Crippen molar-refractivity contribution < 1.29 is 9.59 Å². The number of nitrogens with zero attached hydrogens (tertiary/aromatic N) is 1. The number of para-hydroxylation sites is 2. The zero-order valence-corrected chi connectivity index (χ0v) is 15.6. The number of hydrogen-bond acceptors (Lipinski definition) is 4. The van der Waals surface area contributed by atoms with Gasteiger partial charge in [-0.05, 0) is 57.3 Å². The molecule has 2 amide bonds. The highest BCUT2D eigenvalue weighted by Gasteiger charge is 2.42. The molecule has 0 bridgehead atoms. The number of piperidine rings is 1. The zero-order valence-electron chi connectivity index (χ0n) is 15.6. The van der Waals surface area contributed by atoms with E-state index in [1.807, 2.05) is 24.3 Å². The van der Waals surface area contributed by atoms with Crippen LogP contribution in [-0.2, 0) is 9.59 Å². The number of imidazole rings is 1. The van der Waals surface area contributed by atoms with Gasteiger partial charge in [-0.15, -0.1) is 0 Å². The Hall–Kier alpha value is -2.41. The Morgan fingerprint density at radius 2 is 2.04 bits per heavy atom. The number of carbonyl (C=O) groups excluding carboxylic acids is 2. The number of H-pyrrole nitrogens is 1. The summed E-state index contributed by atoms with van der Waals surface area (Å²) in [5.41, 5.74) is 2.00. The smallest absolute Gasteiger partial charge is 0.242 e. The lowest BCUT2D eigenvalue weighted by molar-refractivity contribution is -0.129. The number of carbonyl (C=O) groups is 2. The van der Waals surface area contributed by atoms with E-state index in [4.69, 9.17) is 0 Å². The monoisotopic (exact) mass is 369 g/mol. The number of fused-ring (bicyclic) bond motifs is 1. The molecule has 7 nitrogen and oxygen atoms in total. The molecule has 7 heteroatoms. The lowest BCUT2D eigenvalue weighted by Gasteiger charge is -2.25. The molecule has 27 heavy (non-hydrogen) atoms. The van der Waals surface area contributed by atoms with Gasteiger partial charge >= 0.3 is 0 Å². The molecule has 2 heterocycles. The highest BCUT2D eigenvalue weighted by molar-refractivity contribution is 5.87. The molecule has 0 unspecified atom stereocenters. The first kappa shape index (κ1) is 18.0. The number of aromatic nitrogens is 2. The van der Waals surface area contributed by atoms with Crippen molar-refractivity contribution in [2.24, 2.45) is 5.92 Å². The molecule has 2 aliphatic rings. The van der Waals surface area contributed by atoms with E-state index in [0.717, 1.165) is 49.2 Å². The number of aromatic amines is 1. The highest BCUT2D eigenvalue weighted by Crippen LogP contribution is 2.48. The van der Waals surface area contributed by atoms with Gasteiger partial charge in [-0.2, -0.15) is 0 Å². The number of nitrogens with one attached hydrogen (secondary N) is 4. The Kier molecular flexibility index (Phi) is 5.11. The number of amides is 2. The van der Waals surface area contributed by atoms with Crippen molar-refractivity contribution in [1.82, 2.24) is 25.9 Å². The molecule has 4 rings (SSSR count). The van der Waals surface area contributed by atoms with Crippen LogP contribution in [0.5, 0.6) is 0 Å². The van der Waals surface area contributed by atoms with Crippen LogP contribution in [0.3, 0.4) is 0 Å². The van der Waals surface area contributed by atoms with Gasteiger partial charge in [-0.3, -0.25) is 9.59 Å². The van der Waals surface area contributed by atoms with Crippen molar-refractivity contribution in [3.63, 3.8) is 0 Å². The predicted molar refractivity (Wildman–Crippen MR) is 103 cm³/mol. The van der Waals surface area contributed by atoms with E-state index in [1.165, 1.54) is 0 Å². The lowest BCUT2D eigenvalue weighted by Crippen LogP contribution is -2.50. The van der Waals surface area contributed by atoms with Crippen LogP contribution < -0.4 is 16.0 Å². The van der Waals surface area contributed by atoms with Gasteiger partial charge in [0.05, 0.1) is 11.0 Å². The summed E-state index contributed by atoms with van der Waals surface area (Å²) >= 11 is 0. The molecule has 1 aliphatic carbocycles. The van der Waals surface area contributed by atoms with Crippen molar-refractivity contribution in [1.29, 1.82) is 0 Å². The quantitative estimate of drug-likeness (QED) is 0.619. The second kappa shape index (κ2) is 7.68. The molecule has 144 valence electrons. The summed E-state index contributed by atoms with van der Waals surface area (Å²) < 4.78 is 0. The Bertz CT molecular complexity index is 794. The van der Waals surface area contributed by atoms with Crippen molar-refractivity contribution in [2.75, 3.05) is 13.1 Å². The van der Waals surface area contributed by atoms with Gasteiger partial charge in [-0.1, -0.05) is 12.1 Å². The summed E-state index contributed by atoms with van der Waals surface area (Å²) in [5.74, 6) is 1.41. The Balaban J connectivity index is 1.24. The largest absolute Gasteiger partial charge is 0.351 e. The van der Waals surface area contributed by atoms with E-state index in [9.17, 15) is 9.59 Å². The molecule has 1 aromatic carbocycles. The molecule has 1 saturated heterocycles. The molecule has 1 saturated carbocycles. The molecule has 0 radical (unpaired) electrons. The van der Waals surface area contributed by atoms with E-state index in [1.54, 1.807) is 6.92 Å². The number of rotatable bonds is 6. The maximum Gasteiger partial charge on any atom is 0.242 e. The standard InChI is InChI=1S/C20H27N5O2/c1-12(20(27)23-14-6-8-21-9-7-14)22-18(26)11-13-10-15(13)19-24-16-4-2-3-5-17(16)25-19/h2-5,12-15,21H,6-11H2,1H3,(H,22,26)(H,23,27)(H,24,25)/t12-,13+,15+/m1/s1. The molecule has 1 aromatic heterocycles. The molecule has 2 aromatic rings. The van der Waals surface area contributed by atoms with Crippen molar-refractivity contribution in [3.05, 3.63) is 30.1 Å². The molecule has 3 atom stereocenters. The summed E-state index contributed by atoms with van der Waals surface area (Å²) in [5, 5.41) is 9.15. The first-order chi connectivity index (χ1) is 13.1. The molecule has 0 spiro atoms. The highest BCUT2D eigenvalue weighted by atomic mass is 16.2. The van der Waals surface area contributed by atoms with Gasteiger partial charge in [0, 0.05) is 18.4 Å². The van der Waals surface area contributed by atoms with E-state index in [0.29, 0.717) is 18.3 Å². The predicted octanol–water partition coefficient (Wildman–Crippen LogP) is 1.43. The molecular weight excluding hydrogens is 342 g/mol. The van der Waals surface area contributed by atoms with Gasteiger partial charge < -0.3 is 20.9 Å². The van der Waals surface area contributed by atoms with Crippen LogP contribution in [0.2, 0.25) is 0 Å². The normalized spacial score (nSPS) is 23.7. The average Bonchev–Trinajstić information content (AvgIpc) is 3.28. The van der Waals surface area contributed by atoms with Crippen LogP contribution in [0.15, 0.2) is 24.3 Å².